The topological polar surface area (TPSA) is 38.0 Å². The summed E-state index contributed by atoms with van der Waals surface area (Å²) in [5.74, 6) is 0. The molecule has 0 aliphatic heterocycles. The largest absolute Gasteiger partial charge is 0.376 e. The average molecular weight is 132 g/mol. The molecule has 0 aliphatic rings. The summed E-state index contributed by atoms with van der Waals surface area (Å²) in [6.45, 7) is 4.12. The Labute approximate surface area is 55.4 Å². The van der Waals surface area contributed by atoms with Crippen molar-refractivity contribution in [1.82, 2.24) is 5.32 Å². The highest BCUT2D eigenvalue weighted by atomic mass is 32.1. The lowest BCUT2D eigenvalue weighted by molar-refractivity contribution is 0.644. The van der Waals surface area contributed by atoms with Gasteiger partial charge in [-0.25, -0.2) is 0 Å². The van der Waals surface area contributed by atoms with Crippen molar-refractivity contribution in [3.63, 3.8) is 0 Å². The molecule has 0 heterocycles. The van der Waals surface area contributed by atoms with Gasteiger partial charge >= 0.3 is 0 Å². The molecule has 0 aliphatic carbocycles. The van der Waals surface area contributed by atoms with Crippen molar-refractivity contribution in [3.8, 4) is 0 Å². The van der Waals surface area contributed by atoms with Crippen LogP contribution in [0, 0.1) is 0 Å². The van der Waals surface area contributed by atoms with Crippen molar-refractivity contribution in [2.24, 2.45) is 5.73 Å². The molecule has 0 radical (unpaired) electrons. The van der Waals surface area contributed by atoms with E-state index in [9.17, 15) is 0 Å². The third-order valence-corrected chi connectivity index (χ3v) is 1.12. The quantitative estimate of drug-likeness (QED) is 0.541. The van der Waals surface area contributed by atoms with Crippen LogP contribution in [0.5, 0.6) is 0 Å². The standard InChI is InChI=1S/C5H12N2S/c1-3-4(2)7-5(6)8/h4H,3H2,1-2H3,(H3,6,7,8)/t4-/m0/s1. The predicted molar refractivity (Wildman–Crippen MR) is 39.7 cm³/mol. The van der Waals surface area contributed by atoms with Crippen LogP contribution in [0.4, 0.5) is 0 Å². The molecule has 0 aromatic carbocycles. The molecule has 0 aromatic rings. The van der Waals surface area contributed by atoms with Crippen molar-refractivity contribution in [2.45, 2.75) is 26.3 Å². The number of hydrogen-bond donors (Lipinski definition) is 2. The summed E-state index contributed by atoms with van der Waals surface area (Å²) in [4.78, 5) is 0. The fourth-order valence-corrected chi connectivity index (χ4v) is 0.546. The van der Waals surface area contributed by atoms with Crippen LogP contribution in [0.2, 0.25) is 0 Å². The number of rotatable bonds is 2. The summed E-state index contributed by atoms with van der Waals surface area (Å²) in [6.07, 6.45) is 1.05. The van der Waals surface area contributed by atoms with Crippen LogP contribution < -0.4 is 11.1 Å². The molecule has 0 spiro atoms. The van der Waals surface area contributed by atoms with Crippen molar-refractivity contribution in [1.29, 1.82) is 0 Å². The third-order valence-electron chi connectivity index (χ3n) is 1.00. The molecular formula is C5H12N2S. The van der Waals surface area contributed by atoms with Crippen LogP contribution in [0.1, 0.15) is 20.3 Å². The van der Waals surface area contributed by atoms with E-state index < -0.39 is 0 Å². The second-order valence-electron chi connectivity index (χ2n) is 1.82. The molecule has 0 unspecified atom stereocenters. The summed E-state index contributed by atoms with van der Waals surface area (Å²) >= 11 is 4.60. The predicted octanol–water partition coefficient (Wildman–Crippen LogP) is 0.618. The summed E-state index contributed by atoms with van der Waals surface area (Å²) < 4.78 is 0. The Bertz CT molecular complexity index is 82.5. The highest BCUT2D eigenvalue weighted by Gasteiger charge is 1.94. The molecule has 0 saturated carbocycles. The van der Waals surface area contributed by atoms with E-state index in [2.05, 4.69) is 24.5 Å². The van der Waals surface area contributed by atoms with E-state index >= 15 is 0 Å². The highest BCUT2D eigenvalue weighted by Crippen LogP contribution is 1.84. The maximum absolute atomic E-state index is 5.19. The van der Waals surface area contributed by atoms with E-state index in [4.69, 9.17) is 5.73 Å². The van der Waals surface area contributed by atoms with Crippen molar-refractivity contribution in [2.75, 3.05) is 0 Å². The van der Waals surface area contributed by atoms with Gasteiger partial charge in [-0.3, -0.25) is 0 Å². The second kappa shape index (κ2) is 3.66. The second-order valence-corrected chi connectivity index (χ2v) is 2.26. The maximum Gasteiger partial charge on any atom is 0.163 e. The van der Waals surface area contributed by atoms with E-state index in [1.54, 1.807) is 0 Å². The average Bonchev–Trinajstić information content (AvgIpc) is 1.65. The molecule has 0 saturated heterocycles. The Balaban J connectivity index is 3.24. The number of nitrogens with two attached hydrogens (primary N) is 1. The van der Waals surface area contributed by atoms with Crippen LogP contribution in [0.25, 0.3) is 0 Å². The minimum absolute atomic E-state index is 0.388. The molecule has 3 N–H and O–H groups in total. The summed E-state index contributed by atoms with van der Waals surface area (Å²) in [7, 11) is 0. The van der Waals surface area contributed by atoms with Gasteiger partial charge < -0.3 is 11.1 Å². The Kier molecular flexibility index (Phi) is 3.52. The van der Waals surface area contributed by atoms with Gasteiger partial charge in [0, 0.05) is 6.04 Å². The molecular weight excluding hydrogens is 120 g/mol. The Morgan fingerprint density at radius 2 is 2.38 bits per heavy atom. The first-order chi connectivity index (χ1) is 3.66. The van der Waals surface area contributed by atoms with Crippen LogP contribution in [-0.2, 0) is 0 Å². The first-order valence-electron chi connectivity index (χ1n) is 2.72. The lowest BCUT2D eigenvalue weighted by Gasteiger charge is -2.09. The van der Waals surface area contributed by atoms with Gasteiger partial charge in [0.25, 0.3) is 0 Å². The molecule has 0 fully saturated rings. The van der Waals surface area contributed by atoms with Crippen molar-refractivity contribution in [3.05, 3.63) is 0 Å². The Morgan fingerprint density at radius 3 is 2.50 bits per heavy atom. The third kappa shape index (κ3) is 3.87. The normalized spacial score (nSPS) is 12.8. The van der Waals surface area contributed by atoms with Crippen LogP contribution in [0.3, 0.4) is 0 Å². The Morgan fingerprint density at radius 1 is 1.88 bits per heavy atom. The molecule has 0 rings (SSSR count). The van der Waals surface area contributed by atoms with Crippen molar-refractivity contribution >= 4 is 17.3 Å². The minimum atomic E-state index is 0.388. The minimum Gasteiger partial charge on any atom is -0.376 e. The van der Waals surface area contributed by atoms with Gasteiger partial charge in [0.15, 0.2) is 5.11 Å². The van der Waals surface area contributed by atoms with Gasteiger partial charge in [-0.2, -0.15) is 0 Å². The molecule has 0 bridgehead atoms. The molecule has 48 valence electrons. The van der Waals surface area contributed by atoms with Gasteiger partial charge in [0.05, 0.1) is 0 Å². The van der Waals surface area contributed by atoms with E-state index in [1.807, 2.05) is 6.92 Å². The zero-order chi connectivity index (χ0) is 6.57. The van der Waals surface area contributed by atoms with Crippen LogP contribution in [-0.4, -0.2) is 11.2 Å². The lowest BCUT2D eigenvalue weighted by Crippen LogP contribution is -2.35. The zero-order valence-corrected chi connectivity index (χ0v) is 6.09. The first-order valence-corrected chi connectivity index (χ1v) is 3.13. The molecule has 3 heteroatoms. The molecule has 8 heavy (non-hydrogen) atoms. The fourth-order valence-electron chi connectivity index (χ4n) is 0.345. The van der Waals surface area contributed by atoms with Crippen molar-refractivity contribution < 1.29 is 0 Å². The van der Waals surface area contributed by atoms with Gasteiger partial charge in [-0.05, 0) is 25.6 Å². The molecule has 0 amide bonds. The maximum atomic E-state index is 5.19. The van der Waals surface area contributed by atoms with Crippen LogP contribution in [0.15, 0.2) is 0 Å². The summed E-state index contributed by atoms with van der Waals surface area (Å²) in [5.41, 5.74) is 5.19. The lowest BCUT2D eigenvalue weighted by atomic mass is 10.3. The number of thiocarbonyl (C=S) groups is 1. The first kappa shape index (κ1) is 7.69. The van der Waals surface area contributed by atoms with Gasteiger partial charge in [0.1, 0.15) is 0 Å². The molecule has 1 atom stereocenters. The molecule has 0 aromatic heterocycles. The fraction of sp³-hybridized carbons (Fsp3) is 0.800. The molecule has 2 nitrogen and oxygen atoms in total. The summed E-state index contributed by atoms with van der Waals surface area (Å²) in [5, 5.41) is 3.29. The van der Waals surface area contributed by atoms with E-state index in [1.165, 1.54) is 0 Å². The van der Waals surface area contributed by atoms with E-state index in [0.717, 1.165) is 6.42 Å². The Hall–Kier alpha value is -0.310. The van der Waals surface area contributed by atoms with Gasteiger partial charge in [-0.1, -0.05) is 6.92 Å². The monoisotopic (exact) mass is 132 g/mol. The highest BCUT2D eigenvalue weighted by molar-refractivity contribution is 7.80. The zero-order valence-electron chi connectivity index (χ0n) is 5.27. The number of hydrogen-bond acceptors (Lipinski definition) is 1. The van der Waals surface area contributed by atoms with Crippen LogP contribution >= 0.6 is 12.2 Å². The SMILES string of the molecule is CC[C@H](C)NC(N)=S. The van der Waals surface area contributed by atoms with E-state index in [-0.39, 0.29) is 0 Å². The smallest absolute Gasteiger partial charge is 0.163 e. The summed E-state index contributed by atoms with van der Waals surface area (Å²) in [6, 6.07) is 0.410. The van der Waals surface area contributed by atoms with Gasteiger partial charge in [0.2, 0.25) is 0 Å². The van der Waals surface area contributed by atoms with E-state index in [0.29, 0.717) is 11.2 Å². The number of nitrogens with one attached hydrogen (secondary N) is 1. The van der Waals surface area contributed by atoms with Gasteiger partial charge in [-0.15, -0.1) is 0 Å².